The molecule has 0 aliphatic rings. The highest BCUT2D eigenvalue weighted by atomic mass is 16.5. The highest BCUT2D eigenvalue weighted by molar-refractivity contribution is 5.28. The number of hydrogen-bond donors (Lipinski definition) is 1. The summed E-state index contributed by atoms with van der Waals surface area (Å²) in [4.78, 5) is 12.8. The third-order valence-electron chi connectivity index (χ3n) is 2.46. The Balaban J connectivity index is 1.95. The number of nitrogens with zero attached hydrogens (tertiary/aromatic N) is 3. The summed E-state index contributed by atoms with van der Waals surface area (Å²) >= 11 is 0. The molecule has 100 valence electrons. The minimum absolute atomic E-state index is 0.553. The Bertz CT molecular complexity index is 530. The molecule has 0 radical (unpaired) electrons. The van der Waals surface area contributed by atoms with Gasteiger partial charge in [-0.3, -0.25) is 4.98 Å². The summed E-state index contributed by atoms with van der Waals surface area (Å²) in [5.41, 5.74) is 1.96. The van der Waals surface area contributed by atoms with Gasteiger partial charge in [0.15, 0.2) is 0 Å². The van der Waals surface area contributed by atoms with Crippen molar-refractivity contribution in [2.24, 2.45) is 0 Å². The largest absolute Gasteiger partial charge is 0.478 e. The van der Waals surface area contributed by atoms with Gasteiger partial charge in [-0.1, -0.05) is 13.0 Å². The lowest BCUT2D eigenvalue weighted by molar-refractivity contribution is 0.305. The predicted octanol–water partition coefficient (Wildman–Crippen LogP) is 2.58. The van der Waals surface area contributed by atoms with Crippen LogP contribution in [0.1, 0.15) is 24.7 Å². The molecule has 0 aliphatic carbocycles. The van der Waals surface area contributed by atoms with Crippen LogP contribution in [0.15, 0.2) is 30.5 Å². The summed E-state index contributed by atoms with van der Waals surface area (Å²) < 4.78 is 5.46. The lowest BCUT2D eigenvalue weighted by atomic mass is 10.3. The van der Waals surface area contributed by atoms with Gasteiger partial charge in [-0.2, -0.15) is 4.98 Å². The van der Waals surface area contributed by atoms with Gasteiger partial charge in [0.1, 0.15) is 0 Å². The Morgan fingerprint density at radius 2 is 2.11 bits per heavy atom. The second-order valence-electron chi connectivity index (χ2n) is 4.19. The Morgan fingerprint density at radius 1 is 1.21 bits per heavy atom. The van der Waals surface area contributed by atoms with Crippen molar-refractivity contribution >= 4 is 5.95 Å². The topological polar surface area (TPSA) is 59.9 Å². The van der Waals surface area contributed by atoms with Crippen LogP contribution in [-0.4, -0.2) is 21.6 Å². The fourth-order valence-corrected chi connectivity index (χ4v) is 1.58. The number of nitrogens with one attached hydrogen (secondary N) is 1. The normalized spacial score (nSPS) is 10.2. The minimum atomic E-state index is 0.553. The number of hydrogen-bond acceptors (Lipinski definition) is 5. The average molecular weight is 258 g/mol. The third kappa shape index (κ3) is 4.21. The number of aryl methyl sites for hydroxylation is 1. The zero-order chi connectivity index (χ0) is 13.5. The second-order valence-corrected chi connectivity index (χ2v) is 4.19. The van der Waals surface area contributed by atoms with E-state index < -0.39 is 0 Å². The monoisotopic (exact) mass is 258 g/mol. The van der Waals surface area contributed by atoms with Crippen LogP contribution in [0.3, 0.4) is 0 Å². The smallest absolute Gasteiger partial charge is 0.226 e. The quantitative estimate of drug-likeness (QED) is 0.863. The first-order chi connectivity index (χ1) is 9.28. The summed E-state index contributed by atoms with van der Waals surface area (Å²) in [6, 6.07) is 7.68. The Kier molecular flexibility index (Phi) is 4.66. The van der Waals surface area contributed by atoms with Gasteiger partial charge in [0.2, 0.25) is 11.8 Å². The molecule has 0 aliphatic heterocycles. The molecule has 0 bridgehead atoms. The van der Waals surface area contributed by atoms with Crippen molar-refractivity contribution < 1.29 is 4.74 Å². The summed E-state index contributed by atoms with van der Waals surface area (Å²) in [5, 5.41) is 3.14. The number of aromatic nitrogens is 3. The van der Waals surface area contributed by atoms with E-state index in [0.717, 1.165) is 17.8 Å². The zero-order valence-electron chi connectivity index (χ0n) is 11.3. The van der Waals surface area contributed by atoms with Gasteiger partial charge in [-0.15, -0.1) is 0 Å². The van der Waals surface area contributed by atoms with Gasteiger partial charge < -0.3 is 10.1 Å². The Labute approximate surface area is 113 Å². The average Bonchev–Trinajstić information content (AvgIpc) is 2.43. The molecule has 0 atom stereocenters. The zero-order valence-corrected chi connectivity index (χ0v) is 11.3. The van der Waals surface area contributed by atoms with Crippen molar-refractivity contribution in [2.75, 3.05) is 11.9 Å². The summed E-state index contributed by atoms with van der Waals surface area (Å²) in [6.45, 7) is 5.29. The van der Waals surface area contributed by atoms with E-state index in [1.54, 1.807) is 12.3 Å². The molecule has 0 amide bonds. The minimum Gasteiger partial charge on any atom is -0.478 e. The molecule has 2 rings (SSSR count). The highest BCUT2D eigenvalue weighted by Gasteiger charge is 2.01. The van der Waals surface area contributed by atoms with E-state index in [9.17, 15) is 0 Å². The van der Waals surface area contributed by atoms with Crippen LogP contribution in [0.25, 0.3) is 0 Å². The lowest BCUT2D eigenvalue weighted by Crippen LogP contribution is -2.06. The second kappa shape index (κ2) is 6.68. The molecule has 5 nitrogen and oxygen atoms in total. The van der Waals surface area contributed by atoms with Gasteiger partial charge in [-0.25, -0.2) is 4.98 Å². The maximum Gasteiger partial charge on any atom is 0.226 e. The maximum atomic E-state index is 5.46. The van der Waals surface area contributed by atoms with E-state index in [1.165, 1.54) is 0 Å². The van der Waals surface area contributed by atoms with Gasteiger partial charge in [-0.05, 0) is 25.5 Å². The van der Waals surface area contributed by atoms with E-state index >= 15 is 0 Å². The third-order valence-corrected chi connectivity index (χ3v) is 2.46. The van der Waals surface area contributed by atoms with Gasteiger partial charge >= 0.3 is 0 Å². The van der Waals surface area contributed by atoms with Crippen molar-refractivity contribution in [1.82, 2.24) is 15.0 Å². The van der Waals surface area contributed by atoms with Gasteiger partial charge in [0, 0.05) is 18.0 Å². The van der Waals surface area contributed by atoms with Crippen molar-refractivity contribution in [3.8, 4) is 5.88 Å². The molecule has 0 spiro atoms. The Hall–Kier alpha value is -2.17. The number of ether oxygens (including phenoxy) is 1. The molecular formula is C14H18N4O. The predicted molar refractivity (Wildman–Crippen MR) is 74.1 cm³/mol. The van der Waals surface area contributed by atoms with Crippen LogP contribution >= 0.6 is 0 Å². The molecule has 5 heteroatoms. The van der Waals surface area contributed by atoms with Crippen molar-refractivity contribution in [2.45, 2.75) is 26.8 Å². The fraction of sp³-hybridized carbons (Fsp3) is 0.357. The van der Waals surface area contributed by atoms with Crippen LogP contribution in [0.2, 0.25) is 0 Å². The van der Waals surface area contributed by atoms with Crippen LogP contribution in [-0.2, 0) is 6.54 Å². The van der Waals surface area contributed by atoms with E-state index in [2.05, 4.69) is 27.2 Å². The highest BCUT2D eigenvalue weighted by Crippen LogP contribution is 2.09. The summed E-state index contributed by atoms with van der Waals surface area (Å²) in [5.74, 6) is 1.15. The van der Waals surface area contributed by atoms with Crippen LogP contribution in [0.4, 0.5) is 5.95 Å². The summed E-state index contributed by atoms with van der Waals surface area (Å²) in [7, 11) is 0. The van der Waals surface area contributed by atoms with Gasteiger partial charge in [0.25, 0.3) is 0 Å². The Morgan fingerprint density at radius 3 is 2.89 bits per heavy atom. The van der Waals surface area contributed by atoms with E-state index in [0.29, 0.717) is 25.0 Å². The number of anilines is 1. The maximum absolute atomic E-state index is 5.46. The SMILES string of the molecule is CCCOc1ccnc(NCc2cccc(C)n2)n1. The van der Waals surface area contributed by atoms with E-state index in [1.807, 2.05) is 25.1 Å². The number of rotatable bonds is 6. The van der Waals surface area contributed by atoms with Crippen LogP contribution in [0, 0.1) is 6.92 Å². The fourth-order valence-electron chi connectivity index (χ4n) is 1.58. The summed E-state index contributed by atoms with van der Waals surface area (Å²) in [6.07, 6.45) is 2.64. The molecule has 0 unspecified atom stereocenters. The molecule has 2 heterocycles. The molecule has 2 aromatic rings. The first-order valence-corrected chi connectivity index (χ1v) is 6.40. The molecule has 0 saturated carbocycles. The first kappa shape index (κ1) is 13.3. The van der Waals surface area contributed by atoms with E-state index in [-0.39, 0.29) is 0 Å². The van der Waals surface area contributed by atoms with Crippen molar-refractivity contribution in [3.05, 3.63) is 41.9 Å². The first-order valence-electron chi connectivity index (χ1n) is 6.40. The van der Waals surface area contributed by atoms with Gasteiger partial charge in [0.05, 0.1) is 18.8 Å². The van der Waals surface area contributed by atoms with E-state index in [4.69, 9.17) is 4.74 Å². The molecule has 0 saturated heterocycles. The molecule has 1 N–H and O–H groups in total. The standard InChI is InChI=1S/C14H18N4O/c1-3-9-19-13-7-8-15-14(18-13)16-10-12-6-4-5-11(2)17-12/h4-8H,3,9-10H2,1-2H3,(H,15,16,18). The van der Waals surface area contributed by atoms with Crippen LogP contribution < -0.4 is 10.1 Å². The molecule has 0 aromatic carbocycles. The van der Waals surface area contributed by atoms with Crippen LogP contribution in [0.5, 0.6) is 5.88 Å². The number of pyridine rings is 1. The molecule has 19 heavy (non-hydrogen) atoms. The van der Waals surface area contributed by atoms with Crippen molar-refractivity contribution in [3.63, 3.8) is 0 Å². The molecule has 2 aromatic heterocycles. The lowest BCUT2D eigenvalue weighted by Gasteiger charge is -2.07. The molecular weight excluding hydrogens is 240 g/mol. The molecule has 0 fully saturated rings. The van der Waals surface area contributed by atoms with Crippen molar-refractivity contribution in [1.29, 1.82) is 0 Å².